The molecule has 0 radical (unpaired) electrons. The van der Waals surface area contributed by atoms with Crippen LogP contribution in [0.1, 0.15) is 69.2 Å². The molecule has 0 aromatic carbocycles. The molecule has 2 aromatic rings. The van der Waals surface area contributed by atoms with Crippen LogP contribution in [0.2, 0.25) is 0 Å². The molecule has 34 heavy (non-hydrogen) atoms. The number of aryl methyl sites for hydroxylation is 1. The predicted octanol–water partition coefficient (Wildman–Crippen LogP) is 4.38. The van der Waals surface area contributed by atoms with Crippen LogP contribution in [0, 0.1) is 0 Å². The molecule has 0 spiro atoms. The molecule has 4 rings (SSSR count). The summed E-state index contributed by atoms with van der Waals surface area (Å²) in [5, 5.41) is 9.82. The van der Waals surface area contributed by atoms with E-state index in [0.29, 0.717) is 12.5 Å². The highest BCUT2D eigenvalue weighted by molar-refractivity contribution is 7.19. The molecule has 2 aromatic heterocycles. The van der Waals surface area contributed by atoms with E-state index in [9.17, 15) is 9.59 Å². The summed E-state index contributed by atoms with van der Waals surface area (Å²) < 4.78 is 17.3. The van der Waals surface area contributed by atoms with Crippen molar-refractivity contribution < 1.29 is 28.9 Å². The Bertz CT molecular complexity index is 1040. The number of aromatic nitrogens is 2. The number of carbonyl (C=O) groups is 2. The van der Waals surface area contributed by atoms with E-state index in [1.807, 2.05) is 20.8 Å². The second-order valence-corrected chi connectivity index (χ2v) is 11.2. The summed E-state index contributed by atoms with van der Waals surface area (Å²) in [5.74, 6) is -0.250. The number of rotatable bonds is 7. The van der Waals surface area contributed by atoms with Crippen molar-refractivity contribution in [2.24, 2.45) is 0 Å². The van der Waals surface area contributed by atoms with Crippen molar-refractivity contribution >= 4 is 33.6 Å². The van der Waals surface area contributed by atoms with Crippen LogP contribution in [-0.2, 0) is 20.7 Å². The van der Waals surface area contributed by atoms with Crippen molar-refractivity contribution in [3.63, 3.8) is 0 Å². The Balaban J connectivity index is 1.42. The molecule has 2 aliphatic carbocycles. The van der Waals surface area contributed by atoms with Crippen LogP contribution in [0.15, 0.2) is 6.33 Å². The first-order chi connectivity index (χ1) is 16.1. The first-order valence-electron chi connectivity index (χ1n) is 11.8. The molecule has 1 fully saturated rings. The molecule has 1 N–H and O–H groups in total. The van der Waals surface area contributed by atoms with Crippen molar-refractivity contribution in [1.29, 1.82) is 0 Å². The number of fused-ring (bicyclic) bond motifs is 3. The van der Waals surface area contributed by atoms with Gasteiger partial charge in [-0.1, -0.05) is 0 Å². The molecule has 9 nitrogen and oxygen atoms in total. The van der Waals surface area contributed by atoms with Gasteiger partial charge in [-0.2, -0.15) is 0 Å². The lowest BCUT2D eigenvalue weighted by molar-refractivity contribution is -0.142. The Hall–Kier alpha value is -2.46. The zero-order valence-electron chi connectivity index (χ0n) is 20.2. The van der Waals surface area contributed by atoms with Gasteiger partial charge in [0.05, 0.1) is 12.0 Å². The van der Waals surface area contributed by atoms with Crippen molar-refractivity contribution in [3.8, 4) is 5.88 Å². The van der Waals surface area contributed by atoms with E-state index < -0.39 is 11.6 Å². The quantitative estimate of drug-likeness (QED) is 0.607. The van der Waals surface area contributed by atoms with E-state index in [4.69, 9.17) is 19.3 Å². The number of hydrogen-bond acceptors (Lipinski definition) is 8. The molecule has 2 aliphatic rings. The smallest absolute Gasteiger partial charge is 0.410 e. The third kappa shape index (κ3) is 5.60. The molecule has 1 saturated carbocycles. The zero-order valence-corrected chi connectivity index (χ0v) is 21.0. The maximum atomic E-state index is 12.4. The van der Waals surface area contributed by atoms with Gasteiger partial charge < -0.3 is 24.2 Å². The second kappa shape index (κ2) is 10.0. The van der Waals surface area contributed by atoms with Gasteiger partial charge in [0.25, 0.3) is 0 Å². The zero-order chi connectivity index (χ0) is 24.5. The first-order valence-corrected chi connectivity index (χ1v) is 12.6. The molecule has 1 amide bonds. The normalized spacial score (nSPS) is 22.4. The lowest BCUT2D eigenvalue weighted by Gasteiger charge is -2.35. The summed E-state index contributed by atoms with van der Waals surface area (Å²) in [6, 6.07) is 0.126. The Labute approximate surface area is 203 Å². The van der Waals surface area contributed by atoms with Gasteiger partial charge in [-0.25, -0.2) is 19.6 Å². The summed E-state index contributed by atoms with van der Waals surface area (Å²) in [4.78, 5) is 36.0. The summed E-state index contributed by atoms with van der Waals surface area (Å²) in [6.45, 7) is 5.68. The van der Waals surface area contributed by atoms with Crippen LogP contribution in [0.3, 0.4) is 0 Å². The Morgan fingerprint density at radius 1 is 1.18 bits per heavy atom. The Kier molecular flexibility index (Phi) is 7.28. The van der Waals surface area contributed by atoms with E-state index in [2.05, 4.69) is 9.97 Å². The average molecular weight is 492 g/mol. The molecule has 0 unspecified atom stereocenters. The highest BCUT2D eigenvalue weighted by Gasteiger charge is 2.33. The van der Waals surface area contributed by atoms with E-state index in [1.54, 1.807) is 29.6 Å². The van der Waals surface area contributed by atoms with Crippen LogP contribution in [0.25, 0.3) is 10.2 Å². The summed E-state index contributed by atoms with van der Waals surface area (Å²) in [5.41, 5.74) is 0.640. The third-order valence-corrected chi connectivity index (χ3v) is 7.56. The maximum Gasteiger partial charge on any atom is 0.410 e. The predicted molar refractivity (Wildman–Crippen MR) is 128 cm³/mol. The monoisotopic (exact) mass is 491 g/mol. The number of hydrogen-bond donors (Lipinski definition) is 1. The highest BCUT2D eigenvalue weighted by atomic mass is 32.1. The van der Waals surface area contributed by atoms with Gasteiger partial charge in [0.15, 0.2) is 0 Å². The largest absolute Gasteiger partial charge is 0.480 e. The average Bonchev–Trinajstić information content (AvgIpc) is 3.32. The summed E-state index contributed by atoms with van der Waals surface area (Å²) in [7, 11) is 1.80. The number of thiophene rings is 1. The van der Waals surface area contributed by atoms with E-state index in [0.717, 1.165) is 54.3 Å². The van der Waals surface area contributed by atoms with Gasteiger partial charge in [-0.05, 0) is 64.9 Å². The number of carboxylic acid groups (broad SMARTS) is 1. The number of carbonyl (C=O) groups excluding carboxylic acids is 1. The van der Waals surface area contributed by atoms with Crippen molar-refractivity contribution in [2.45, 2.75) is 83.0 Å². The molecular formula is C24H33N3O6S. The fraction of sp³-hybridized carbons (Fsp3) is 0.667. The Morgan fingerprint density at radius 3 is 2.59 bits per heavy atom. The van der Waals surface area contributed by atoms with Crippen molar-refractivity contribution in [2.75, 3.05) is 20.3 Å². The highest BCUT2D eigenvalue weighted by Crippen LogP contribution is 2.46. The number of ether oxygens (including phenoxy) is 3. The maximum absolute atomic E-state index is 12.4. The third-order valence-electron chi connectivity index (χ3n) is 6.39. The standard InChI is InChI=1S/C24H33N3O6S/c1-24(2,3)33-23(30)27(4)15-6-8-16(9-7-15)32-21-20-19-14(11-31-12-18(28)29)5-10-17(19)34-22(20)26-13-25-21/h13-16H,5-12H2,1-4H3,(H,28,29)/t14-,15-,16-/m1/s1. The summed E-state index contributed by atoms with van der Waals surface area (Å²) >= 11 is 1.66. The minimum absolute atomic E-state index is 0.0139. The molecule has 1 atom stereocenters. The minimum Gasteiger partial charge on any atom is -0.480 e. The number of aliphatic carboxylic acids is 1. The van der Waals surface area contributed by atoms with Gasteiger partial charge in [0.1, 0.15) is 29.5 Å². The van der Waals surface area contributed by atoms with Crippen molar-refractivity contribution in [1.82, 2.24) is 14.9 Å². The van der Waals surface area contributed by atoms with Crippen LogP contribution >= 0.6 is 11.3 Å². The minimum atomic E-state index is -0.964. The van der Waals surface area contributed by atoms with Crippen LogP contribution in [0.5, 0.6) is 5.88 Å². The fourth-order valence-electron chi connectivity index (χ4n) is 4.78. The van der Waals surface area contributed by atoms with Gasteiger partial charge in [0.2, 0.25) is 5.88 Å². The lowest BCUT2D eigenvalue weighted by atomic mass is 9.92. The van der Waals surface area contributed by atoms with Crippen molar-refractivity contribution in [3.05, 3.63) is 16.8 Å². The first kappa shape index (κ1) is 24.7. The molecule has 2 heterocycles. The lowest BCUT2D eigenvalue weighted by Crippen LogP contribution is -2.43. The molecule has 10 heteroatoms. The van der Waals surface area contributed by atoms with Gasteiger partial charge in [0, 0.05) is 23.9 Å². The SMILES string of the molecule is CN(C(=O)OC(C)(C)C)[C@H]1CC[C@H](Oc2ncnc3sc4c(c23)[C@@H](COCC(=O)O)CC4)CC1. The Morgan fingerprint density at radius 2 is 1.91 bits per heavy atom. The van der Waals surface area contributed by atoms with E-state index in [-0.39, 0.29) is 30.8 Å². The van der Waals surface area contributed by atoms with Crippen LogP contribution in [-0.4, -0.2) is 70.0 Å². The second-order valence-electron chi connectivity index (χ2n) is 10.1. The molecule has 186 valence electrons. The molecule has 0 saturated heterocycles. The molecular weight excluding hydrogens is 458 g/mol. The molecule has 0 bridgehead atoms. The number of amides is 1. The van der Waals surface area contributed by atoms with Crippen LogP contribution < -0.4 is 4.74 Å². The number of carboxylic acids is 1. The molecule has 0 aliphatic heterocycles. The number of nitrogens with zero attached hydrogens (tertiary/aromatic N) is 3. The fourth-order valence-corrected chi connectivity index (χ4v) is 6.01. The van der Waals surface area contributed by atoms with E-state index >= 15 is 0 Å². The summed E-state index contributed by atoms with van der Waals surface area (Å²) in [6.07, 6.45) is 6.43. The topological polar surface area (TPSA) is 111 Å². The van der Waals surface area contributed by atoms with Crippen LogP contribution in [0.4, 0.5) is 4.79 Å². The van der Waals surface area contributed by atoms with Gasteiger partial charge in [-0.15, -0.1) is 11.3 Å². The van der Waals surface area contributed by atoms with Gasteiger partial charge in [-0.3, -0.25) is 0 Å². The van der Waals surface area contributed by atoms with E-state index in [1.165, 1.54) is 4.88 Å². The van der Waals surface area contributed by atoms with Gasteiger partial charge >= 0.3 is 12.1 Å².